The summed E-state index contributed by atoms with van der Waals surface area (Å²) >= 11 is 0. The Morgan fingerprint density at radius 1 is 0.562 bits per heavy atom. The van der Waals surface area contributed by atoms with Crippen molar-refractivity contribution in [2.24, 2.45) is 0 Å². The first kappa shape index (κ1) is 44.1. The van der Waals surface area contributed by atoms with Crippen LogP contribution < -0.4 is 0 Å². The van der Waals surface area contributed by atoms with Gasteiger partial charge in [-0.3, -0.25) is 9.59 Å². The number of ether oxygens (including phenoxy) is 2. The van der Waals surface area contributed by atoms with Gasteiger partial charge in [0.2, 0.25) is 11.6 Å². The van der Waals surface area contributed by atoms with Crippen LogP contribution in [0.4, 0.5) is 0 Å². The summed E-state index contributed by atoms with van der Waals surface area (Å²) in [6, 6.07) is 0. The van der Waals surface area contributed by atoms with Gasteiger partial charge in [-0.1, -0.05) is 141 Å². The number of unbranched alkanes of at least 4 members (excludes halogenated alkanes) is 22. The lowest BCUT2D eigenvalue weighted by molar-refractivity contribution is -0.185. The third kappa shape index (κ3) is 22.7. The zero-order valence-corrected chi connectivity index (χ0v) is 32.2. The van der Waals surface area contributed by atoms with E-state index in [0.29, 0.717) is 25.0 Å². The number of nitrogens with zero attached hydrogens (tertiary/aromatic N) is 1. The van der Waals surface area contributed by atoms with Crippen LogP contribution in [0.25, 0.3) is 0 Å². The van der Waals surface area contributed by atoms with Crippen molar-refractivity contribution in [1.82, 2.24) is 4.90 Å². The van der Waals surface area contributed by atoms with Crippen molar-refractivity contribution < 1.29 is 19.1 Å². The summed E-state index contributed by atoms with van der Waals surface area (Å²) in [5.41, 5.74) is 0. The molecule has 5 nitrogen and oxygen atoms in total. The average Bonchev–Trinajstić information content (AvgIpc) is 3.53. The second-order valence-corrected chi connectivity index (χ2v) is 14.5. The first-order chi connectivity index (χ1) is 23.5. The number of carbonyl (C=O) groups is 2. The molecule has 0 aromatic carbocycles. The summed E-state index contributed by atoms with van der Waals surface area (Å²) in [7, 11) is 4.00. The molecule has 1 heterocycles. The second-order valence-electron chi connectivity index (χ2n) is 14.5. The molecular formula is C43H77NO4. The van der Waals surface area contributed by atoms with E-state index >= 15 is 0 Å². The van der Waals surface area contributed by atoms with Gasteiger partial charge in [0.05, 0.1) is 0 Å². The van der Waals surface area contributed by atoms with Crippen molar-refractivity contribution in [2.45, 2.75) is 206 Å². The van der Waals surface area contributed by atoms with Gasteiger partial charge in [0.1, 0.15) is 12.0 Å². The van der Waals surface area contributed by atoms with Crippen LogP contribution in [0.2, 0.25) is 0 Å². The lowest BCUT2D eigenvalue weighted by atomic mass is 9.96. The molecule has 278 valence electrons. The van der Waals surface area contributed by atoms with Crippen molar-refractivity contribution in [3.8, 4) is 0 Å². The molecule has 0 N–H and O–H groups in total. The molecule has 0 saturated heterocycles. The number of carbonyl (C=O) groups excluding carboxylic acids is 2. The Hall–Kier alpha value is -1.88. The monoisotopic (exact) mass is 672 g/mol. The van der Waals surface area contributed by atoms with Crippen LogP contribution in [-0.4, -0.2) is 42.9 Å². The number of Topliss-reactive ketones (excluding diaryl/α,β-unsaturated/α-hetero) is 2. The van der Waals surface area contributed by atoms with Crippen LogP contribution in [0.5, 0.6) is 0 Å². The minimum atomic E-state index is -1.76. The molecule has 1 aliphatic rings. The van der Waals surface area contributed by atoms with Crippen molar-refractivity contribution >= 4 is 11.6 Å². The number of rotatable bonds is 35. The van der Waals surface area contributed by atoms with Crippen LogP contribution in [0.3, 0.4) is 0 Å². The minimum Gasteiger partial charge on any atom is -0.444 e. The highest BCUT2D eigenvalue weighted by atomic mass is 16.7. The van der Waals surface area contributed by atoms with E-state index in [2.05, 4.69) is 43.1 Å². The molecule has 1 aliphatic heterocycles. The maximum absolute atomic E-state index is 13.5. The Kier molecular flexibility index (Phi) is 28.6. The molecule has 0 bridgehead atoms. The van der Waals surface area contributed by atoms with Gasteiger partial charge in [0.25, 0.3) is 0 Å². The van der Waals surface area contributed by atoms with E-state index in [4.69, 9.17) is 9.47 Å². The molecule has 0 atom stereocenters. The summed E-state index contributed by atoms with van der Waals surface area (Å²) in [4.78, 5) is 29.0. The highest BCUT2D eigenvalue weighted by molar-refractivity contribution is 6.09. The largest absolute Gasteiger partial charge is 0.444 e. The summed E-state index contributed by atoms with van der Waals surface area (Å²) in [6.45, 7) is 5.31. The molecule has 0 saturated carbocycles. The van der Waals surface area contributed by atoms with E-state index in [9.17, 15) is 9.59 Å². The Labute approximate surface area is 297 Å². The van der Waals surface area contributed by atoms with Crippen LogP contribution in [0, 0.1) is 0 Å². The Balaban J connectivity index is 2.29. The molecule has 0 fully saturated rings. The van der Waals surface area contributed by atoms with Crippen LogP contribution in [-0.2, 0) is 19.1 Å². The van der Waals surface area contributed by atoms with Crippen molar-refractivity contribution in [3.05, 3.63) is 36.3 Å². The van der Waals surface area contributed by atoms with Crippen molar-refractivity contribution in [2.75, 3.05) is 20.6 Å². The molecule has 0 aliphatic carbocycles. The number of ketones is 2. The summed E-state index contributed by atoms with van der Waals surface area (Å²) < 4.78 is 11.9. The van der Waals surface area contributed by atoms with Gasteiger partial charge in [-0.2, -0.15) is 0 Å². The second kappa shape index (κ2) is 31.1. The number of hydrogen-bond acceptors (Lipinski definition) is 5. The topological polar surface area (TPSA) is 55.8 Å². The van der Waals surface area contributed by atoms with Gasteiger partial charge >= 0.3 is 5.79 Å². The van der Waals surface area contributed by atoms with Crippen LogP contribution in [0.1, 0.15) is 200 Å². The van der Waals surface area contributed by atoms with E-state index in [1.807, 2.05) is 14.1 Å². The summed E-state index contributed by atoms with van der Waals surface area (Å²) in [5.74, 6) is -1.59. The lowest BCUT2D eigenvalue weighted by Gasteiger charge is -2.26. The zero-order valence-electron chi connectivity index (χ0n) is 32.2. The van der Waals surface area contributed by atoms with Gasteiger partial charge in [-0.05, 0) is 78.3 Å². The maximum Gasteiger partial charge on any atom is 0.372 e. The van der Waals surface area contributed by atoms with E-state index in [0.717, 1.165) is 57.9 Å². The molecule has 5 heteroatoms. The minimum absolute atomic E-state index is 0.214. The van der Waals surface area contributed by atoms with E-state index in [1.165, 1.54) is 122 Å². The zero-order chi connectivity index (χ0) is 35.0. The highest BCUT2D eigenvalue weighted by Crippen LogP contribution is 2.33. The fourth-order valence-corrected chi connectivity index (χ4v) is 6.27. The van der Waals surface area contributed by atoms with E-state index < -0.39 is 5.79 Å². The summed E-state index contributed by atoms with van der Waals surface area (Å²) in [6.07, 6.45) is 43.7. The first-order valence-corrected chi connectivity index (χ1v) is 20.5. The number of hydrogen-bond donors (Lipinski definition) is 0. The Morgan fingerprint density at radius 3 is 1.29 bits per heavy atom. The number of allylic oxidation sites excluding steroid dienone is 4. The molecule has 0 unspecified atom stereocenters. The quantitative estimate of drug-likeness (QED) is 0.0381. The normalized spacial score (nSPS) is 14.2. The fourth-order valence-electron chi connectivity index (χ4n) is 6.27. The van der Waals surface area contributed by atoms with Crippen molar-refractivity contribution in [3.63, 3.8) is 0 Å². The molecule has 48 heavy (non-hydrogen) atoms. The summed E-state index contributed by atoms with van der Waals surface area (Å²) in [5, 5.41) is 0. The third-order valence-corrected chi connectivity index (χ3v) is 9.50. The predicted octanol–water partition coefficient (Wildman–Crippen LogP) is 12.7. The van der Waals surface area contributed by atoms with Gasteiger partial charge in [0, 0.05) is 25.8 Å². The van der Waals surface area contributed by atoms with Crippen LogP contribution in [0.15, 0.2) is 36.3 Å². The average molecular weight is 672 g/mol. The first-order valence-electron chi connectivity index (χ1n) is 20.5. The standard InChI is InChI=1S/C43H77NO4/c1-5-7-9-11-13-15-17-19-21-23-25-27-29-31-33-35-41(45)43(47-39-40(48-43)37-38-44(3)4)42(46)36-34-32-30-28-26-24-22-20-18-16-14-12-10-8-6-2/h19-22,39H,5-18,23-38H2,1-4H3/b21-19-,22-20-. The van der Waals surface area contributed by atoms with Gasteiger partial charge in [-0.15, -0.1) is 0 Å². The molecule has 0 spiro atoms. The fraction of sp³-hybridized carbons (Fsp3) is 0.814. The lowest BCUT2D eigenvalue weighted by Crippen LogP contribution is -2.48. The highest BCUT2D eigenvalue weighted by Gasteiger charge is 2.52. The van der Waals surface area contributed by atoms with Gasteiger partial charge in [-0.25, -0.2) is 0 Å². The van der Waals surface area contributed by atoms with Crippen molar-refractivity contribution in [1.29, 1.82) is 0 Å². The van der Waals surface area contributed by atoms with Gasteiger partial charge < -0.3 is 14.4 Å². The predicted molar refractivity (Wildman–Crippen MR) is 205 cm³/mol. The maximum atomic E-state index is 13.5. The molecule has 0 amide bonds. The van der Waals surface area contributed by atoms with E-state index in [-0.39, 0.29) is 11.6 Å². The molecular weight excluding hydrogens is 594 g/mol. The third-order valence-electron chi connectivity index (χ3n) is 9.50. The molecule has 0 radical (unpaired) electrons. The van der Waals surface area contributed by atoms with Crippen LogP contribution >= 0.6 is 0 Å². The molecule has 0 aromatic rings. The molecule has 1 rings (SSSR count). The SMILES string of the molecule is CCCCCCCC/C=C\CCCCCCCC(=O)C1(C(=O)CCCCCCC/C=C\CCCCCCCC)OC=C(CCN(C)C)O1. The van der Waals surface area contributed by atoms with Gasteiger partial charge in [0.15, 0.2) is 0 Å². The van der Waals surface area contributed by atoms with E-state index in [1.54, 1.807) is 0 Å². The Morgan fingerprint density at radius 2 is 0.917 bits per heavy atom. The Bertz CT molecular complexity index is 822. The molecule has 0 aromatic heterocycles. The smallest absolute Gasteiger partial charge is 0.372 e.